The number of rotatable bonds is 8. The van der Waals surface area contributed by atoms with Crippen LogP contribution in [0.3, 0.4) is 0 Å². The number of benzene rings is 2. The molecule has 1 aliphatic rings. The average molecular weight is 563 g/mol. The number of aryl methyl sites for hydroxylation is 1. The summed E-state index contributed by atoms with van der Waals surface area (Å²) in [7, 11) is -3.63. The Balaban J connectivity index is 1.42. The fraction of sp³-hybridized carbons (Fsp3) is 0.481. The quantitative estimate of drug-likeness (QED) is 0.361. The number of thiazole rings is 1. The highest BCUT2D eigenvalue weighted by atomic mass is 35.5. The standard InChI is InChI=1S/C27H35ClN4O3S2/c1-18(2)16-32(17-19(3)4)37(34,35)22-8-6-21(7-9-22)26(33)30-12-14-31(15-13-30)27-29-25-20(5)23(28)10-11-24(25)36-27/h6-11,18-19H,12-17H2,1-5H3. The molecule has 10 heteroatoms. The lowest BCUT2D eigenvalue weighted by atomic mass is 10.2. The highest BCUT2D eigenvalue weighted by molar-refractivity contribution is 7.89. The first-order chi connectivity index (χ1) is 17.5. The summed E-state index contributed by atoms with van der Waals surface area (Å²) >= 11 is 7.89. The van der Waals surface area contributed by atoms with Gasteiger partial charge < -0.3 is 9.80 Å². The summed E-state index contributed by atoms with van der Waals surface area (Å²) in [6.07, 6.45) is 0. The molecular formula is C27H35ClN4O3S2. The van der Waals surface area contributed by atoms with Gasteiger partial charge in [-0.25, -0.2) is 13.4 Å². The zero-order valence-corrected chi connectivity index (χ0v) is 24.5. The Morgan fingerprint density at radius 2 is 1.59 bits per heavy atom. The largest absolute Gasteiger partial charge is 0.345 e. The van der Waals surface area contributed by atoms with E-state index >= 15 is 0 Å². The third-order valence-corrected chi connectivity index (χ3v) is 9.79. The summed E-state index contributed by atoms with van der Waals surface area (Å²) in [4.78, 5) is 22.2. The van der Waals surface area contributed by atoms with Crippen LogP contribution in [0.4, 0.5) is 5.13 Å². The maximum atomic E-state index is 13.3. The van der Waals surface area contributed by atoms with Crippen molar-refractivity contribution in [1.29, 1.82) is 0 Å². The molecule has 0 unspecified atom stereocenters. The van der Waals surface area contributed by atoms with Gasteiger partial charge in [0.1, 0.15) is 0 Å². The molecule has 0 saturated carbocycles. The number of carbonyl (C=O) groups excluding carboxylic acids is 1. The van der Waals surface area contributed by atoms with Gasteiger partial charge in [-0.05, 0) is 60.7 Å². The maximum absolute atomic E-state index is 13.3. The van der Waals surface area contributed by atoms with Crippen molar-refractivity contribution in [2.75, 3.05) is 44.2 Å². The average Bonchev–Trinajstić information content (AvgIpc) is 3.30. The molecule has 1 fully saturated rings. The SMILES string of the molecule is Cc1c(Cl)ccc2sc(N3CCN(C(=O)c4ccc(S(=O)(=O)N(CC(C)C)CC(C)C)cc4)CC3)nc12. The minimum atomic E-state index is -3.63. The predicted molar refractivity (Wildman–Crippen MR) is 152 cm³/mol. The second-order valence-electron chi connectivity index (χ2n) is 10.4. The van der Waals surface area contributed by atoms with Gasteiger partial charge in [-0.15, -0.1) is 0 Å². The van der Waals surface area contributed by atoms with Crippen molar-refractivity contribution in [3.8, 4) is 0 Å². The van der Waals surface area contributed by atoms with Crippen molar-refractivity contribution in [1.82, 2.24) is 14.2 Å². The Hall–Kier alpha value is -2.20. The van der Waals surface area contributed by atoms with E-state index in [4.69, 9.17) is 16.6 Å². The molecule has 1 saturated heterocycles. The fourth-order valence-corrected chi connectivity index (χ4v) is 7.51. The summed E-state index contributed by atoms with van der Waals surface area (Å²) in [5.41, 5.74) is 2.41. The summed E-state index contributed by atoms with van der Waals surface area (Å²) in [5, 5.41) is 1.65. The van der Waals surface area contributed by atoms with Crippen LogP contribution in [0, 0.1) is 18.8 Å². The Kier molecular flexibility index (Phi) is 8.48. The van der Waals surface area contributed by atoms with Crippen molar-refractivity contribution in [2.45, 2.75) is 39.5 Å². The predicted octanol–water partition coefficient (Wildman–Crippen LogP) is 5.52. The van der Waals surface area contributed by atoms with E-state index < -0.39 is 10.0 Å². The zero-order chi connectivity index (χ0) is 26.9. The molecule has 0 bridgehead atoms. The molecular weight excluding hydrogens is 528 g/mol. The number of aromatic nitrogens is 1. The molecule has 0 atom stereocenters. The molecule has 1 amide bonds. The van der Waals surface area contributed by atoms with Crippen molar-refractivity contribution >= 4 is 54.2 Å². The number of piperazine rings is 1. The minimum absolute atomic E-state index is 0.0864. The van der Waals surface area contributed by atoms with Crippen molar-refractivity contribution in [3.63, 3.8) is 0 Å². The number of halogens is 1. The molecule has 200 valence electrons. The Bertz CT molecular complexity index is 1350. The normalized spacial score (nSPS) is 14.9. The van der Waals surface area contributed by atoms with Gasteiger partial charge in [-0.1, -0.05) is 50.6 Å². The molecule has 2 heterocycles. The summed E-state index contributed by atoms with van der Waals surface area (Å²) in [5.74, 6) is 0.354. The van der Waals surface area contributed by atoms with Crippen LogP contribution in [-0.4, -0.2) is 67.8 Å². The molecule has 37 heavy (non-hydrogen) atoms. The topological polar surface area (TPSA) is 73.8 Å². The minimum Gasteiger partial charge on any atom is -0.345 e. The van der Waals surface area contributed by atoms with Crippen LogP contribution < -0.4 is 4.90 Å². The lowest BCUT2D eigenvalue weighted by molar-refractivity contribution is 0.0746. The number of fused-ring (bicyclic) bond motifs is 1. The van der Waals surface area contributed by atoms with Crippen LogP contribution in [0.5, 0.6) is 0 Å². The van der Waals surface area contributed by atoms with E-state index in [1.54, 1.807) is 39.9 Å². The van der Waals surface area contributed by atoms with E-state index in [1.807, 2.05) is 51.7 Å². The Labute approximate surface area is 229 Å². The maximum Gasteiger partial charge on any atom is 0.253 e. The smallest absolute Gasteiger partial charge is 0.253 e. The Morgan fingerprint density at radius 3 is 2.16 bits per heavy atom. The molecule has 0 N–H and O–H groups in total. The molecule has 0 aliphatic carbocycles. The highest BCUT2D eigenvalue weighted by Crippen LogP contribution is 2.34. The van der Waals surface area contributed by atoms with Gasteiger partial charge in [0.15, 0.2) is 5.13 Å². The summed E-state index contributed by atoms with van der Waals surface area (Å²) in [6, 6.07) is 10.3. The monoisotopic (exact) mass is 562 g/mol. The molecule has 0 spiro atoms. The van der Waals surface area contributed by atoms with Crippen molar-refractivity contribution < 1.29 is 13.2 Å². The number of carbonyl (C=O) groups is 1. The van der Waals surface area contributed by atoms with Crippen LogP contribution in [0.1, 0.15) is 43.6 Å². The third kappa shape index (κ3) is 6.11. The van der Waals surface area contributed by atoms with Crippen molar-refractivity contribution in [2.24, 2.45) is 11.8 Å². The van der Waals surface area contributed by atoms with Gasteiger partial charge in [0, 0.05) is 49.9 Å². The van der Waals surface area contributed by atoms with E-state index in [-0.39, 0.29) is 22.6 Å². The van der Waals surface area contributed by atoms with E-state index in [9.17, 15) is 13.2 Å². The summed E-state index contributed by atoms with van der Waals surface area (Å²) < 4.78 is 29.2. The van der Waals surface area contributed by atoms with E-state index in [2.05, 4.69) is 4.90 Å². The van der Waals surface area contributed by atoms with Crippen LogP contribution in [0.2, 0.25) is 5.02 Å². The first-order valence-electron chi connectivity index (χ1n) is 12.7. The zero-order valence-electron chi connectivity index (χ0n) is 22.1. The number of anilines is 1. The van der Waals surface area contributed by atoms with Gasteiger partial charge in [-0.2, -0.15) is 4.31 Å². The second-order valence-corrected chi connectivity index (χ2v) is 13.8. The van der Waals surface area contributed by atoms with Gasteiger partial charge in [0.25, 0.3) is 5.91 Å². The number of sulfonamides is 1. The first kappa shape index (κ1) is 27.8. The van der Waals surface area contributed by atoms with Gasteiger partial charge in [0.05, 0.1) is 15.1 Å². The second kappa shape index (κ2) is 11.3. The van der Waals surface area contributed by atoms with Gasteiger partial charge >= 0.3 is 0 Å². The van der Waals surface area contributed by atoms with Gasteiger partial charge in [-0.3, -0.25) is 4.79 Å². The molecule has 1 aliphatic heterocycles. The van der Waals surface area contributed by atoms with Crippen LogP contribution in [0.15, 0.2) is 41.3 Å². The molecule has 3 aromatic rings. The van der Waals surface area contributed by atoms with E-state index in [0.29, 0.717) is 49.9 Å². The van der Waals surface area contributed by atoms with Gasteiger partial charge in [0.2, 0.25) is 10.0 Å². The molecule has 2 aromatic carbocycles. The highest BCUT2D eigenvalue weighted by Gasteiger charge is 2.28. The van der Waals surface area contributed by atoms with E-state index in [1.165, 1.54) is 0 Å². The van der Waals surface area contributed by atoms with Crippen molar-refractivity contribution in [3.05, 3.63) is 52.5 Å². The lowest BCUT2D eigenvalue weighted by Crippen LogP contribution is -2.48. The molecule has 1 aromatic heterocycles. The lowest BCUT2D eigenvalue weighted by Gasteiger charge is -2.34. The van der Waals surface area contributed by atoms with E-state index in [0.717, 1.165) is 20.9 Å². The summed E-state index contributed by atoms with van der Waals surface area (Å²) in [6.45, 7) is 13.5. The van der Waals surface area contributed by atoms with Crippen LogP contribution in [0.25, 0.3) is 10.2 Å². The number of nitrogens with zero attached hydrogens (tertiary/aromatic N) is 4. The number of hydrogen-bond acceptors (Lipinski definition) is 6. The Morgan fingerprint density at radius 1 is 1.00 bits per heavy atom. The third-order valence-electron chi connectivity index (χ3n) is 6.45. The molecule has 0 radical (unpaired) electrons. The number of amides is 1. The number of hydrogen-bond donors (Lipinski definition) is 0. The molecule has 4 rings (SSSR count). The first-order valence-corrected chi connectivity index (χ1v) is 15.3. The molecule has 7 nitrogen and oxygen atoms in total. The van der Waals surface area contributed by atoms with Crippen LogP contribution >= 0.6 is 22.9 Å². The van der Waals surface area contributed by atoms with Crippen LogP contribution in [-0.2, 0) is 10.0 Å². The fourth-order valence-electron chi connectivity index (χ4n) is 4.51.